The van der Waals surface area contributed by atoms with Crippen LogP contribution in [0, 0.1) is 0 Å². The molecule has 1 unspecified atom stereocenters. The summed E-state index contributed by atoms with van der Waals surface area (Å²) < 4.78 is 5.04. The second-order valence-electron chi connectivity index (χ2n) is 4.50. The summed E-state index contributed by atoms with van der Waals surface area (Å²) in [6.07, 6.45) is 2.85. The van der Waals surface area contributed by atoms with Gasteiger partial charge in [0.25, 0.3) is 0 Å². The fourth-order valence-corrected chi connectivity index (χ4v) is 2.28. The minimum Gasteiger partial charge on any atom is -0.497 e. The van der Waals surface area contributed by atoms with Gasteiger partial charge in [0.05, 0.1) is 18.4 Å². The number of amides is 2. The Morgan fingerprint density at radius 1 is 1.43 bits per heavy atom. The number of methoxy groups -OCH3 is 1. The van der Waals surface area contributed by atoms with E-state index in [9.17, 15) is 9.59 Å². The lowest BCUT2D eigenvalue weighted by molar-refractivity contribution is 0.0698. The van der Waals surface area contributed by atoms with Crippen molar-refractivity contribution < 1.29 is 19.4 Å². The maximum Gasteiger partial charge on any atom is 0.337 e. The van der Waals surface area contributed by atoms with Crippen LogP contribution in [0.4, 0.5) is 10.5 Å². The second kappa shape index (κ2) is 8.41. The molecule has 116 valence electrons. The fourth-order valence-electron chi connectivity index (χ4n) is 1.69. The van der Waals surface area contributed by atoms with Crippen LogP contribution in [-0.2, 0) is 0 Å². The summed E-state index contributed by atoms with van der Waals surface area (Å²) in [5.74, 6) is 0.315. The van der Waals surface area contributed by atoms with Crippen molar-refractivity contribution in [1.29, 1.82) is 0 Å². The fraction of sp³-hybridized carbons (Fsp3) is 0.429. The third-order valence-corrected chi connectivity index (χ3v) is 3.48. The van der Waals surface area contributed by atoms with Crippen LogP contribution in [-0.4, -0.2) is 42.3 Å². The molecular formula is C14H20N2O4S. The van der Waals surface area contributed by atoms with Gasteiger partial charge in [0, 0.05) is 12.1 Å². The third-order valence-electron chi connectivity index (χ3n) is 2.84. The van der Waals surface area contributed by atoms with E-state index in [1.807, 2.05) is 13.2 Å². The van der Waals surface area contributed by atoms with Crippen LogP contribution >= 0.6 is 11.8 Å². The topological polar surface area (TPSA) is 87.7 Å². The van der Waals surface area contributed by atoms with Gasteiger partial charge in [-0.1, -0.05) is 0 Å². The van der Waals surface area contributed by atoms with E-state index >= 15 is 0 Å². The van der Waals surface area contributed by atoms with E-state index in [1.165, 1.54) is 25.3 Å². The van der Waals surface area contributed by atoms with Crippen LogP contribution in [0.3, 0.4) is 0 Å². The number of ether oxygens (including phenoxy) is 1. The Kier molecular flexibility index (Phi) is 6.87. The average Bonchev–Trinajstić information content (AvgIpc) is 2.44. The molecule has 0 aliphatic carbocycles. The number of anilines is 1. The van der Waals surface area contributed by atoms with Crippen LogP contribution < -0.4 is 15.4 Å². The monoisotopic (exact) mass is 312 g/mol. The van der Waals surface area contributed by atoms with E-state index in [2.05, 4.69) is 10.6 Å². The minimum atomic E-state index is -1.11. The highest BCUT2D eigenvalue weighted by atomic mass is 32.2. The van der Waals surface area contributed by atoms with Crippen molar-refractivity contribution in [2.24, 2.45) is 0 Å². The minimum absolute atomic E-state index is 0.0105. The van der Waals surface area contributed by atoms with Crippen molar-refractivity contribution in [3.05, 3.63) is 23.8 Å². The number of carbonyl (C=O) groups excluding carboxylic acids is 1. The first-order valence-corrected chi connectivity index (χ1v) is 7.85. The van der Waals surface area contributed by atoms with Crippen LogP contribution in [0.5, 0.6) is 5.75 Å². The third kappa shape index (κ3) is 5.55. The number of hydrogen-bond acceptors (Lipinski definition) is 4. The summed E-state index contributed by atoms with van der Waals surface area (Å²) in [4.78, 5) is 23.0. The average molecular weight is 312 g/mol. The van der Waals surface area contributed by atoms with Gasteiger partial charge in [-0.3, -0.25) is 0 Å². The summed E-state index contributed by atoms with van der Waals surface area (Å²) in [5, 5.41) is 14.5. The maximum atomic E-state index is 11.9. The zero-order chi connectivity index (χ0) is 15.8. The Morgan fingerprint density at radius 3 is 2.71 bits per heavy atom. The molecule has 0 spiro atoms. The molecule has 21 heavy (non-hydrogen) atoms. The van der Waals surface area contributed by atoms with Gasteiger partial charge in [-0.15, -0.1) is 0 Å². The first-order valence-electron chi connectivity index (χ1n) is 6.45. The van der Waals surface area contributed by atoms with E-state index in [0.717, 1.165) is 12.2 Å². The number of hydrogen-bond donors (Lipinski definition) is 3. The van der Waals surface area contributed by atoms with Crippen molar-refractivity contribution in [2.45, 2.75) is 19.4 Å². The molecule has 7 heteroatoms. The smallest absolute Gasteiger partial charge is 0.337 e. The zero-order valence-corrected chi connectivity index (χ0v) is 13.1. The van der Waals surface area contributed by atoms with E-state index in [1.54, 1.807) is 11.8 Å². The number of aromatic carboxylic acids is 1. The first kappa shape index (κ1) is 17.2. The predicted molar refractivity (Wildman–Crippen MR) is 84.6 cm³/mol. The normalized spacial score (nSPS) is 11.6. The number of nitrogens with one attached hydrogen (secondary N) is 2. The molecule has 0 saturated carbocycles. The molecule has 2 amide bonds. The van der Waals surface area contributed by atoms with Gasteiger partial charge in [-0.25, -0.2) is 9.59 Å². The van der Waals surface area contributed by atoms with Gasteiger partial charge < -0.3 is 20.5 Å². The lowest BCUT2D eigenvalue weighted by Crippen LogP contribution is -2.36. The van der Waals surface area contributed by atoms with Gasteiger partial charge in [0.2, 0.25) is 0 Å². The number of rotatable bonds is 7. The summed E-state index contributed by atoms with van der Waals surface area (Å²) in [5.41, 5.74) is 0.221. The molecule has 0 radical (unpaired) electrons. The molecule has 0 bridgehead atoms. The van der Waals surface area contributed by atoms with Crippen LogP contribution in [0.15, 0.2) is 18.2 Å². The highest BCUT2D eigenvalue weighted by Gasteiger charge is 2.14. The summed E-state index contributed by atoms with van der Waals surface area (Å²) in [7, 11) is 1.48. The molecule has 0 fully saturated rings. The molecule has 1 aromatic carbocycles. The molecule has 0 heterocycles. The van der Waals surface area contributed by atoms with Gasteiger partial charge in [0.15, 0.2) is 0 Å². The Balaban J connectivity index is 2.76. The van der Waals surface area contributed by atoms with Crippen LogP contribution in [0.25, 0.3) is 0 Å². The lowest BCUT2D eigenvalue weighted by Gasteiger charge is -2.15. The van der Waals surface area contributed by atoms with E-state index in [4.69, 9.17) is 9.84 Å². The van der Waals surface area contributed by atoms with Gasteiger partial charge >= 0.3 is 12.0 Å². The number of thioether (sulfide) groups is 1. The Morgan fingerprint density at radius 2 is 2.14 bits per heavy atom. The quantitative estimate of drug-likeness (QED) is 0.720. The molecule has 0 aliphatic rings. The summed E-state index contributed by atoms with van der Waals surface area (Å²) in [6.45, 7) is 1.90. The Labute approximate surface area is 128 Å². The molecule has 3 N–H and O–H groups in total. The SMILES string of the molecule is COc1ccc(C(=O)O)c(NC(=O)NC(C)CCSC)c1. The van der Waals surface area contributed by atoms with Crippen molar-refractivity contribution in [3.63, 3.8) is 0 Å². The molecular weight excluding hydrogens is 292 g/mol. The number of carbonyl (C=O) groups is 2. The number of benzene rings is 1. The molecule has 0 saturated heterocycles. The molecule has 0 aromatic heterocycles. The van der Waals surface area contributed by atoms with Crippen molar-refractivity contribution in [2.75, 3.05) is 24.4 Å². The van der Waals surface area contributed by atoms with E-state index in [-0.39, 0.29) is 17.3 Å². The first-order chi connectivity index (χ1) is 9.97. The molecule has 0 aliphatic heterocycles. The summed E-state index contributed by atoms with van der Waals surface area (Å²) in [6, 6.07) is 3.99. The van der Waals surface area contributed by atoms with Crippen LogP contribution in [0.2, 0.25) is 0 Å². The van der Waals surface area contributed by atoms with Gasteiger partial charge in [-0.05, 0) is 37.5 Å². The van der Waals surface area contributed by atoms with Crippen molar-refractivity contribution in [1.82, 2.24) is 5.32 Å². The number of urea groups is 1. The molecule has 1 aromatic rings. The highest BCUT2D eigenvalue weighted by Crippen LogP contribution is 2.22. The zero-order valence-electron chi connectivity index (χ0n) is 12.3. The highest BCUT2D eigenvalue weighted by molar-refractivity contribution is 7.98. The Hall–Kier alpha value is -1.89. The van der Waals surface area contributed by atoms with E-state index in [0.29, 0.717) is 5.75 Å². The molecule has 1 atom stereocenters. The number of carboxylic acid groups (broad SMARTS) is 1. The van der Waals surface area contributed by atoms with Gasteiger partial charge in [-0.2, -0.15) is 11.8 Å². The second-order valence-corrected chi connectivity index (χ2v) is 5.48. The number of carboxylic acids is 1. The van der Waals surface area contributed by atoms with Gasteiger partial charge in [0.1, 0.15) is 5.75 Å². The standard InChI is InChI=1S/C14H20N2O4S/c1-9(6-7-21-3)15-14(19)16-12-8-10(20-2)4-5-11(12)13(17)18/h4-5,8-9H,6-7H2,1-3H3,(H,17,18)(H2,15,16,19). The Bertz CT molecular complexity index is 508. The maximum absolute atomic E-state index is 11.9. The molecule has 1 rings (SSSR count). The van der Waals surface area contributed by atoms with E-state index < -0.39 is 12.0 Å². The van der Waals surface area contributed by atoms with Crippen molar-refractivity contribution in [3.8, 4) is 5.75 Å². The summed E-state index contributed by atoms with van der Waals surface area (Å²) >= 11 is 1.71. The van der Waals surface area contributed by atoms with Crippen LogP contribution in [0.1, 0.15) is 23.7 Å². The van der Waals surface area contributed by atoms with Crippen molar-refractivity contribution >= 4 is 29.4 Å². The predicted octanol–water partition coefficient (Wildman–Crippen LogP) is 2.66. The molecule has 6 nitrogen and oxygen atoms in total. The lowest BCUT2D eigenvalue weighted by atomic mass is 10.1. The largest absolute Gasteiger partial charge is 0.497 e.